The summed E-state index contributed by atoms with van der Waals surface area (Å²) in [7, 11) is 0. The Balaban J connectivity index is 1.63. The van der Waals surface area contributed by atoms with Crippen LogP contribution in [0.2, 0.25) is 0 Å². The number of rotatable bonds is 5. The topological polar surface area (TPSA) is 94.0 Å². The zero-order valence-corrected chi connectivity index (χ0v) is 14.5. The van der Waals surface area contributed by atoms with Crippen LogP contribution in [0.3, 0.4) is 0 Å². The van der Waals surface area contributed by atoms with Gasteiger partial charge >= 0.3 is 0 Å². The second-order valence-electron chi connectivity index (χ2n) is 6.77. The minimum absolute atomic E-state index is 0.0628. The number of aromatic nitrogens is 2. The van der Waals surface area contributed by atoms with E-state index in [9.17, 15) is 9.18 Å². The molecule has 3 rings (SSSR count). The zero-order valence-electron chi connectivity index (χ0n) is 14.5. The zero-order chi connectivity index (χ0) is 18.0. The molecule has 25 heavy (non-hydrogen) atoms. The van der Waals surface area contributed by atoms with Crippen LogP contribution in [0.15, 0.2) is 22.7 Å². The number of benzene rings is 1. The standard InChI is InChI=1S/C18H23FN4O2/c1-10-8-13(6-7-14(10)19)17-22-18(25-23-17)11(2)21-16(24)9-12-4-3-5-15(12)20/h6-8,11-12,15H,3-5,9,20H2,1-2H3,(H,21,24)/t11?,12-,15+/m0/s1. The lowest BCUT2D eigenvalue weighted by molar-refractivity contribution is -0.122. The number of hydrogen-bond acceptors (Lipinski definition) is 5. The lowest BCUT2D eigenvalue weighted by atomic mass is 10.00. The van der Waals surface area contributed by atoms with E-state index in [4.69, 9.17) is 10.3 Å². The van der Waals surface area contributed by atoms with E-state index in [0.717, 1.165) is 19.3 Å². The first-order chi connectivity index (χ1) is 11.9. The number of carbonyl (C=O) groups is 1. The number of halogens is 1. The van der Waals surface area contributed by atoms with Crippen LogP contribution in [0.1, 0.15) is 50.1 Å². The molecule has 0 spiro atoms. The van der Waals surface area contributed by atoms with Crippen LogP contribution in [0.25, 0.3) is 11.4 Å². The smallest absolute Gasteiger partial charge is 0.249 e. The van der Waals surface area contributed by atoms with Gasteiger partial charge in [0.2, 0.25) is 17.6 Å². The maximum atomic E-state index is 13.4. The van der Waals surface area contributed by atoms with E-state index in [1.807, 2.05) is 0 Å². The summed E-state index contributed by atoms with van der Waals surface area (Å²) < 4.78 is 18.6. The molecule has 1 saturated carbocycles. The van der Waals surface area contributed by atoms with Crippen LogP contribution in [0.5, 0.6) is 0 Å². The van der Waals surface area contributed by atoms with Crippen molar-refractivity contribution in [3.63, 3.8) is 0 Å². The van der Waals surface area contributed by atoms with Gasteiger partial charge in [0.05, 0.1) is 0 Å². The molecule has 0 aliphatic heterocycles. The molecule has 0 saturated heterocycles. The molecule has 1 aromatic heterocycles. The van der Waals surface area contributed by atoms with Crippen LogP contribution < -0.4 is 11.1 Å². The molecule has 1 amide bonds. The van der Waals surface area contributed by atoms with Crippen molar-refractivity contribution in [3.05, 3.63) is 35.5 Å². The Morgan fingerprint density at radius 3 is 2.96 bits per heavy atom. The highest BCUT2D eigenvalue weighted by Crippen LogP contribution is 2.27. The first kappa shape index (κ1) is 17.5. The number of aryl methyl sites for hydroxylation is 1. The van der Waals surface area contributed by atoms with Crippen LogP contribution in [-0.2, 0) is 4.79 Å². The van der Waals surface area contributed by atoms with Crippen molar-refractivity contribution in [3.8, 4) is 11.4 Å². The molecular formula is C18H23FN4O2. The Kier molecular flexibility index (Phi) is 5.13. The molecule has 1 heterocycles. The predicted octanol–water partition coefficient (Wildman–Crippen LogP) is 2.88. The normalized spacial score (nSPS) is 21.3. The van der Waals surface area contributed by atoms with Gasteiger partial charge in [0, 0.05) is 18.0 Å². The highest BCUT2D eigenvalue weighted by atomic mass is 19.1. The van der Waals surface area contributed by atoms with Gasteiger partial charge in [-0.25, -0.2) is 4.39 Å². The average molecular weight is 346 g/mol. The summed E-state index contributed by atoms with van der Waals surface area (Å²) in [5.41, 5.74) is 7.20. The number of carbonyl (C=O) groups excluding carboxylic acids is 1. The van der Waals surface area contributed by atoms with E-state index in [-0.39, 0.29) is 23.7 Å². The van der Waals surface area contributed by atoms with Crippen LogP contribution in [-0.4, -0.2) is 22.1 Å². The van der Waals surface area contributed by atoms with E-state index in [2.05, 4.69) is 15.5 Å². The van der Waals surface area contributed by atoms with Crippen LogP contribution >= 0.6 is 0 Å². The quantitative estimate of drug-likeness (QED) is 0.868. The summed E-state index contributed by atoms with van der Waals surface area (Å²) in [5.74, 6) is 0.594. The molecule has 0 bridgehead atoms. The fraction of sp³-hybridized carbons (Fsp3) is 0.500. The molecule has 1 aliphatic carbocycles. The van der Waals surface area contributed by atoms with E-state index in [0.29, 0.717) is 29.3 Å². The van der Waals surface area contributed by atoms with Gasteiger partial charge in [-0.3, -0.25) is 4.79 Å². The second-order valence-corrected chi connectivity index (χ2v) is 6.77. The second kappa shape index (κ2) is 7.31. The third kappa shape index (κ3) is 4.04. The molecule has 6 nitrogen and oxygen atoms in total. The summed E-state index contributed by atoms with van der Waals surface area (Å²) in [4.78, 5) is 16.5. The Hall–Kier alpha value is -2.28. The molecule has 0 radical (unpaired) electrons. The van der Waals surface area contributed by atoms with Gasteiger partial charge < -0.3 is 15.6 Å². The number of hydrogen-bond donors (Lipinski definition) is 2. The van der Waals surface area contributed by atoms with Crippen molar-refractivity contribution in [2.45, 2.75) is 51.6 Å². The summed E-state index contributed by atoms with van der Waals surface area (Å²) in [6.07, 6.45) is 3.48. The monoisotopic (exact) mass is 346 g/mol. The summed E-state index contributed by atoms with van der Waals surface area (Å²) in [6.45, 7) is 3.47. The first-order valence-electron chi connectivity index (χ1n) is 8.59. The highest BCUT2D eigenvalue weighted by molar-refractivity contribution is 5.76. The molecule has 7 heteroatoms. The Morgan fingerprint density at radius 2 is 2.28 bits per heavy atom. The van der Waals surface area contributed by atoms with Crippen molar-refractivity contribution < 1.29 is 13.7 Å². The number of amides is 1. The van der Waals surface area contributed by atoms with E-state index in [1.165, 1.54) is 6.07 Å². The molecule has 1 unspecified atom stereocenters. The molecule has 134 valence electrons. The van der Waals surface area contributed by atoms with Crippen LogP contribution in [0.4, 0.5) is 4.39 Å². The summed E-state index contributed by atoms with van der Waals surface area (Å²) >= 11 is 0. The van der Waals surface area contributed by atoms with Gasteiger partial charge in [-0.05, 0) is 56.4 Å². The molecule has 1 aromatic carbocycles. The Bertz CT molecular complexity index is 761. The fourth-order valence-corrected chi connectivity index (χ4v) is 3.23. The van der Waals surface area contributed by atoms with E-state index < -0.39 is 6.04 Å². The molecule has 3 atom stereocenters. The van der Waals surface area contributed by atoms with Crippen molar-refractivity contribution in [1.82, 2.24) is 15.5 Å². The summed E-state index contributed by atoms with van der Waals surface area (Å²) in [6, 6.07) is 4.35. The molecule has 2 aromatic rings. The van der Waals surface area contributed by atoms with E-state index in [1.54, 1.807) is 26.0 Å². The molecular weight excluding hydrogens is 323 g/mol. The van der Waals surface area contributed by atoms with Crippen LogP contribution in [0, 0.1) is 18.7 Å². The fourth-order valence-electron chi connectivity index (χ4n) is 3.23. The highest BCUT2D eigenvalue weighted by Gasteiger charge is 2.27. The largest absolute Gasteiger partial charge is 0.345 e. The van der Waals surface area contributed by atoms with Gasteiger partial charge in [-0.15, -0.1) is 0 Å². The maximum absolute atomic E-state index is 13.4. The summed E-state index contributed by atoms with van der Waals surface area (Å²) in [5, 5.41) is 6.80. The molecule has 1 fully saturated rings. The third-order valence-electron chi connectivity index (χ3n) is 4.77. The Morgan fingerprint density at radius 1 is 1.48 bits per heavy atom. The Labute approximate surface area is 146 Å². The average Bonchev–Trinajstić information content (AvgIpc) is 3.20. The van der Waals surface area contributed by atoms with Crippen molar-refractivity contribution in [1.29, 1.82) is 0 Å². The van der Waals surface area contributed by atoms with Crippen molar-refractivity contribution in [2.24, 2.45) is 11.7 Å². The van der Waals surface area contributed by atoms with Gasteiger partial charge in [-0.2, -0.15) is 4.98 Å². The maximum Gasteiger partial charge on any atom is 0.249 e. The number of nitrogens with two attached hydrogens (primary N) is 1. The first-order valence-corrected chi connectivity index (χ1v) is 8.59. The van der Waals surface area contributed by atoms with Gasteiger partial charge in [0.1, 0.15) is 11.9 Å². The van der Waals surface area contributed by atoms with Crippen molar-refractivity contribution >= 4 is 5.91 Å². The van der Waals surface area contributed by atoms with Gasteiger partial charge in [0.15, 0.2) is 0 Å². The predicted molar refractivity (Wildman–Crippen MR) is 90.9 cm³/mol. The van der Waals surface area contributed by atoms with Crippen molar-refractivity contribution in [2.75, 3.05) is 0 Å². The van der Waals surface area contributed by atoms with E-state index >= 15 is 0 Å². The number of nitrogens with one attached hydrogen (secondary N) is 1. The minimum Gasteiger partial charge on any atom is -0.345 e. The lowest BCUT2D eigenvalue weighted by Crippen LogP contribution is -2.33. The van der Waals surface area contributed by atoms with Gasteiger partial charge in [-0.1, -0.05) is 11.6 Å². The lowest BCUT2D eigenvalue weighted by Gasteiger charge is -2.16. The molecule has 3 N–H and O–H groups in total. The minimum atomic E-state index is -0.395. The molecule has 1 aliphatic rings. The third-order valence-corrected chi connectivity index (χ3v) is 4.77. The SMILES string of the molecule is Cc1cc(-c2noc(C(C)NC(=O)C[C@@H]3CCC[C@H]3N)n2)ccc1F. The number of nitrogens with zero attached hydrogens (tertiary/aromatic N) is 2. The van der Waals surface area contributed by atoms with Gasteiger partial charge in [0.25, 0.3) is 0 Å².